The zero-order valence-electron chi connectivity index (χ0n) is 14.5. The largest absolute Gasteiger partial charge is 0.325 e. The van der Waals surface area contributed by atoms with Gasteiger partial charge in [-0.1, -0.05) is 44.0 Å². The van der Waals surface area contributed by atoms with Crippen molar-refractivity contribution in [3.05, 3.63) is 71.3 Å². The number of unbranched alkanes of at least 4 members (excludes halogenated alkanes) is 1. The lowest BCUT2D eigenvalue weighted by Gasteiger charge is -2.27. The first-order valence-electron chi connectivity index (χ1n) is 8.61. The molecule has 4 nitrogen and oxygen atoms in total. The zero-order valence-corrected chi connectivity index (χ0v) is 14.5. The molecule has 1 heterocycles. The number of nitrogens with one attached hydrogen (secondary N) is 1. The molecule has 0 aromatic heterocycles. The molecule has 0 bridgehead atoms. The van der Waals surface area contributed by atoms with Gasteiger partial charge >= 0.3 is 6.03 Å². The van der Waals surface area contributed by atoms with Crippen LogP contribution in [-0.2, 0) is 16.9 Å². The highest BCUT2D eigenvalue weighted by molar-refractivity contribution is 6.07. The molecule has 136 valence electrons. The van der Waals surface area contributed by atoms with Crippen molar-refractivity contribution in [1.29, 1.82) is 0 Å². The van der Waals surface area contributed by atoms with E-state index in [4.69, 9.17) is 0 Å². The first-order valence-corrected chi connectivity index (χ1v) is 8.61. The maximum Gasteiger partial charge on any atom is 0.325 e. The number of nitrogens with zero attached hydrogens (tertiary/aromatic N) is 1. The van der Waals surface area contributed by atoms with E-state index in [2.05, 4.69) is 5.32 Å². The summed E-state index contributed by atoms with van der Waals surface area (Å²) in [6, 6.07) is 10.9. The van der Waals surface area contributed by atoms with Gasteiger partial charge in [-0.15, -0.1) is 0 Å². The molecule has 1 aliphatic heterocycles. The van der Waals surface area contributed by atoms with Gasteiger partial charge in [0.25, 0.3) is 5.91 Å². The van der Waals surface area contributed by atoms with Gasteiger partial charge in [-0.3, -0.25) is 9.69 Å². The molecule has 1 atom stereocenters. The topological polar surface area (TPSA) is 49.4 Å². The zero-order chi connectivity index (χ0) is 18.7. The summed E-state index contributed by atoms with van der Waals surface area (Å²) in [4.78, 5) is 26.8. The molecule has 0 saturated carbocycles. The molecule has 0 aliphatic carbocycles. The average Bonchev–Trinajstić information content (AvgIpc) is 2.86. The number of carbonyl (C=O) groups excluding carboxylic acids is 2. The van der Waals surface area contributed by atoms with E-state index in [9.17, 15) is 18.4 Å². The standard InChI is InChI=1S/C20H20F2N2O2/c1-2-3-11-20(15-7-9-16(21)10-8-15)18(25)24(19(26)23-20)13-14-5-4-6-17(22)12-14/h4-10,12H,2-3,11,13H2,1H3,(H,23,26)/t20-/m1/s1. The van der Waals surface area contributed by atoms with Gasteiger partial charge in [0.05, 0.1) is 6.54 Å². The van der Waals surface area contributed by atoms with Gasteiger partial charge in [0, 0.05) is 0 Å². The summed E-state index contributed by atoms with van der Waals surface area (Å²) in [6.07, 6.45) is 1.98. The van der Waals surface area contributed by atoms with Crippen LogP contribution in [0.4, 0.5) is 13.6 Å². The van der Waals surface area contributed by atoms with Gasteiger partial charge in [-0.2, -0.15) is 0 Å². The molecule has 3 amide bonds. The molecular formula is C20H20F2N2O2. The van der Waals surface area contributed by atoms with Gasteiger partial charge in [0.2, 0.25) is 0 Å². The first kappa shape index (κ1) is 18.0. The Balaban J connectivity index is 1.94. The van der Waals surface area contributed by atoms with Crippen LogP contribution in [-0.4, -0.2) is 16.8 Å². The van der Waals surface area contributed by atoms with Gasteiger partial charge in [-0.25, -0.2) is 13.6 Å². The van der Waals surface area contributed by atoms with Crippen LogP contribution in [0.2, 0.25) is 0 Å². The SMILES string of the molecule is CCCC[C@]1(c2ccc(F)cc2)NC(=O)N(Cc2cccc(F)c2)C1=O. The molecule has 0 radical (unpaired) electrons. The van der Waals surface area contributed by atoms with Crippen molar-refractivity contribution in [3.8, 4) is 0 Å². The number of hydrogen-bond acceptors (Lipinski definition) is 2. The van der Waals surface area contributed by atoms with Gasteiger partial charge in [-0.05, 0) is 41.8 Å². The Labute approximate surface area is 150 Å². The second-order valence-electron chi connectivity index (χ2n) is 6.47. The molecule has 1 fully saturated rings. The quantitative estimate of drug-likeness (QED) is 0.791. The Morgan fingerprint density at radius 3 is 2.42 bits per heavy atom. The number of amides is 3. The van der Waals surface area contributed by atoms with Crippen LogP contribution in [0.1, 0.15) is 37.3 Å². The van der Waals surface area contributed by atoms with Crippen molar-refractivity contribution in [1.82, 2.24) is 10.2 Å². The van der Waals surface area contributed by atoms with Crippen molar-refractivity contribution in [3.63, 3.8) is 0 Å². The van der Waals surface area contributed by atoms with Crippen molar-refractivity contribution in [2.45, 2.75) is 38.3 Å². The second kappa shape index (κ2) is 7.23. The van der Waals surface area contributed by atoms with E-state index in [-0.39, 0.29) is 6.54 Å². The second-order valence-corrected chi connectivity index (χ2v) is 6.47. The number of hydrogen-bond donors (Lipinski definition) is 1. The predicted octanol–water partition coefficient (Wildman–Crippen LogP) is 4.10. The number of carbonyl (C=O) groups is 2. The maximum atomic E-state index is 13.4. The Bertz CT molecular complexity index is 823. The summed E-state index contributed by atoms with van der Waals surface area (Å²) in [5, 5.41) is 2.79. The molecule has 1 saturated heterocycles. The smallest absolute Gasteiger partial charge is 0.319 e. The lowest BCUT2D eigenvalue weighted by molar-refractivity contribution is -0.132. The minimum atomic E-state index is -1.21. The third-order valence-electron chi connectivity index (χ3n) is 4.65. The van der Waals surface area contributed by atoms with Crippen LogP contribution in [0, 0.1) is 11.6 Å². The van der Waals surface area contributed by atoms with Gasteiger partial charge in [0.1, 0.15) is 17.2 Å². The lowest BCUT2D eigenvalue weighted by atomic mass is 9.84. The predicted molar refractivity (Wildman–Crippen MR) is 93.1 cm³/mol. The molecule has 0 spiro atoms. The van der Waals surface area contributed by atoms with Gasteiger partial charge in [0.15, 0.2) is 0 Å². The lowest BCUT2D eigenvalue weighted by Crippen LogP contribution is -2.44. The maximum absolute atomic E-state index is 13.4. The minimum Gasteiger partial charge on any atom is -0.319 e. The van der Waals surface area contributed by atoms with E-state index in [0.717, 1.165) is 17.7 Å². The highest BCUT2D eigenvalue weighted by atomic mass is 19.1. The summed E-state index contributed by atoms with van der Waals surface area (Å²) < 4.78 is 26.7. The molecule has 6 heteroatoms. The number of imide groups is 1. The molecule has 2 aromatic carbocycles. The molecular weight excluding hydrogens is 338 g/mol. The fraction of sp³-hybridized carbons (Fsp3) is 0.300. The number of rotatable bonds is 6. The number of halogens is 2. The van der Waals surface area contributed by atoms with Crippen LogP contribution in [0.5, 0.6) is 0 Å². The van der Waals surface area contributed by atoms with Crippen molar-refractivity contribution in [2.75, 3.05) is 0 Å². The van der Waals surface area contributed by atoms with E-state index in [1.165, 1.54) is 42.5 Å². The summed E-state index contributed by atoms with van der Waals surface area (Å²) in [6.45, 7) is 1.97. The van der Waals surface area contributed by atoms with Crippen LogP contribution in [0.25, 0.3) is 0 Å². The summed E-state index contributed by atoms with van der Waals surface area (Å²) >= 11 is 0. The summed E-state index contributed by atoms with van der Waals surface area (Å²) in [5.41, 5.74) is -0.139. The monoisotopic (exact) mass is 358 g/mol. The van der Waals surface area contributed by atoms with E-state index in [1.807, 2.05) is 6.92 Å². The Kier molecular flexibility index (Phi) is 5.02. The Morgan fingerprint density at radius 1 is 1.04 bits per heavy atom. The van der Waals surface area contributed by atoms with E-state index in [1.54, 1.807) is 6.07 Å². The van der Waals surface area contributed by atoms with Crippen LogP contribution >= 0.6 is 0 Å². The molecule has 3 rings (SSSR count). The van der Waals surface area contributed by atoms with Gasteiger partial charge < -0.3 is 5.32 Å². The summed E-state index contributed by atoms with van der Waals surface area (Å²) in [5.74, 6) is -1.23. The summed E-state index contributed by atoms with van der Waals surface area (Å²) in [7, 11) is 0. The normalized spacial score (nSPS) is 19.7. The molecule has 0 unspecified atom stereocenters. The highest BCUT2D eigenvalue weighted by Crippen LogP contribution is 2.35. The van der Waals surface area contributed by atoms with Crippen molar-refractivity contribution >= 4 is 11.9 Å². The van der Waals surface area contributed by atoms with Crippen molar-refractivity contribution in [2.24, 2.45) is 0 Å². The Morgan fingerprint density at radius 2 is 1.77 bits per heavy atom. The fourth-order valence-electron chi connectivity index (χ4n) is 3.27. The average molecular weight is 358 g/mol. The van der Waals surface area contributed by atoms with E-state index in [0.29, 0.717) is 17.5 Å². The molecule has 1 N–H and O–H groups in total. The van der Waals surface area contributed by atoms with Crippen LogP contribution < -0.4 is 5.32 Å². The number of urea groups is 1. The van der Waals surface area contributed by atoms with E-state index >= 15 is 0 Å². The Hall–Kier alpha value is -2.76. The molecule has 1 aliphatic rings. The highest BCUT2D eigenvalue weighted by Gasteiger charge is 2.51. The minimum absolute atomic E-state index is 0.0164. The molecule has 26 heavy (non-hydrogen) atoms. The van der Waals surface area contributed by atoms with E-state index < -0.39 is 29.1 Å². The first-order chi connectivity index (χ1) is 12.5. The van der Waals surface area contributed by atoms with Crippen LogP contribution in [0.3, 0.4) is 0 Å². The number of benzene rings is 2. The third-order valence-corrected chi connectivity index (χ3v) is 4.65. The van der Waals surface area contributed by atoms with Crippen molar-refractivity contribution < 1.29 is 18.4 Å². The van der Waals surface area contributed by atoms with Crippen LogP contribution in [0.15, 0.2) is 48.5 Å². The molecule has 2 aromatic rings. The fourth-order valence-corrected chi connectivity index (χ4v) is 3.27. The third kappa shape index (κ3) is 3.31.